The Hall–Kier alpha value is -3.68. The number of nitrogens with one attached hydrogen (secondary N) is 2. The standard InChI is InChI=1S/C20H21F3N6O4S/c1-11-15(27-34(4,31)32)9-10-16(24-11)17-18(29(3)28-26-17)25-19(30)33-12(2)13-7-5-6-8-14(13)20(21,22)23/h5-10,12,27H,1-4H3,(H,25,30)/t12-/m1/s1. The molecule has 0 saturated heterocycles. The summed E-state index contributed by atoms with van der Waals surface area (Å²) in [5.41, 5.74) is -0.0617. The number of carbonyl (C=O) groups is 1. The van der Waals surface area contributed by atoms with E-state index in [0.717, 1.165) is 12.3 Å². The van der Waals surface area contributed by atoms with E-state index in [-0.39, 0.29) is 28.5 Å². The predicted molar refractivity (Wildman–Crippen MR) is 117 cm³/mol. The molecule has 0 radical (unpaired) electrons. The average Bonchev–Trinajstić information content (AvgIpc) is 3.08. The van der Waals surface area contributed by atoms with E-state index < -0.39 is 34.0 Å². The minimum atomic E-state index is -4.61. The van der Waals surface area contributed by atoms with Crippen molar-refractivity contribution in [2.45, 2.75) is 26.1 Å². The summed E-state index contributed by atoms with van der Waals surface area (Å²) in [6.07, 6.45) is -5.83. The van der Waals surface area contributed by atoms with Crippen LogP contribution in [0.5, 0.6) is 0 Å². The molecule has 0 fully saturated rings. The second kappa shape index (κ2) is 9.29. The molecule has 1 aromatic carbocycles. The molecule has 2 aromatic heterocycles. The number of amides is 1. The molecule has 2 heterocycles. The first-order chi connectivity index (χ1) is 15.8. The van der Waals surface area contributed by atoms with Gasteiger partial charge in [-0.15, -0.1) is 5.10 Å². The number of anilines is 2. The third-order valence-electron chi connectivity index (χ3n) is 4.66. The van der Waals surface area contributed by atoms with E-state index >= 15 is 0 Å². The molecular weight excluding hydrogens is 477 g/mol. The first-order valence-electron chi connectivity index (χ1n) is 9.75. The van der Waals surface area contributed by atoms with E-state index in [1.54, 1.807) is 6.92 Å². The SMILES string of the molecule is Cc1nc(-c2nnn(C)c2NC(=O)O[C@H](C)c2ccccc2C(F)(F)F)ccc1NS(C)(=O)=O. The Morgan fingerprint density at radius 2 is 1.85 bits per heavy atom. The van der Waals surface area contributed by atoms with Gasteiger partial charge in [-0.1, -0.05) is 23.4 Å². The molecule has 2 N–H and O–H groups in total. The lowest BCUT2D eigenvalue weighted by Crippen LogP contribution is -2.20. The monoisotopic (exact) mass is 498 g/mol. The summed E-state index contributed by atoms with van der Waals surface area (Å²) in [4.78, 5) is 16.8. The quantitative estimate of drug-likeness (QED) is 0.528. The summed E-state index contributed by atoms with van der Waals surface area (Å²) in [5, 5.41) is 10.2. The molecular formula is C20H21F3N6O4S. The van der Waals surface area contributed by atoms with Crippen LogP contribution >= 0.6 is 0 Å². The average molecular weight is 498 g/mol. The van der Waals surface area contributed by atoms with E-state index in [4.69, 9.17) is 4.74 Å². The Kier molecular flexibility index (Phi) is 6.82. The molecule has 0 bridgehead atoms. The fraction of sp³-hybridized carbons (Fsp3) is 0.300. The second-order valence-electron chi connectivity index (χ2n) is 7.37. The number of rotatable bonds is 6. The number of halogens is 3. The maximum Gasteiger partial charge on any atom is 0.416 e. The van der Waals surface area contributed by atoms with Gasteiger partial charge in [0, 0.05) is 12.6 Å². The highest BCUT2D eigenvalue weighted by molar-refractivity contribution is 7.92. The van der Waals surface area contributed by atoms with Crippen LogP contribution in [0.1, 0.15) is 29.8 Å². The number of ether oxygens (including phenoxy) is 1. The molecule has 3 rings (SSSR count). The van der Waals surface area contributed by atoms with Crippen LogP contribution in [0.3, 0.4) is 0 Å². The molecule has 14 heteroatoms. The van der Waals surface area contributed by atoms with E-state index in [9.17, 15) is 26.4 Å². The third-order valence-corrected chi connectivity index (χ3v) is 5.25. The molecule has 0 spiro atoms. The van der Waals surface area contributed by atoms with Gasteiger partial charge in [-0.2, -0.15) is 13.2 Å². The van der Waals surface area contributed by atoms with Crippen molar-refractivity contribution in [3.05, 3.63) is 53.2 Å². The van der Waals surface area contributed by atoms with E-state index in [0.29, 0.717) is 5.69 Å². The highest BCUT2D eigenvalue weighted by Gasteiger charge is 2.35. The Balaban J connectivity index is 1.82. The Bertz CT molecular complexity index is 1320. The number of aryl methyl sites for hydroxylation is 2. The van der Waals surface area contributed by atoms with Crippen molar-refractivity contribution in [3.8, 4) is 11.4 Å². The summed E-state index contributed by atoms with van der Waals surface area (Å²) >= 11 is 0. The summed E-state index contributed by atoms with van der Waals surface area (Å²) in [5.74, 6) is 0.0806. The van der Waals surface area contributed by atoms with Gasteiger partial charge in [0.05, 0.1) is 28.9 Å². The number of hydrogen-bond acceptors (Lipinski definition) is 7. The number of nitrogens with zero attached hydrogens (tertiary/aromatic N) is 4. The van der Waals surface area contributed by atoms with Gasteiger partial charge in [-0.3, -0.25) is 10.0 Å². The van der Waals surface area contributed by atoms with Crippen LogP contribution in [0.15, 0.2) is 36.4 Å². The number of aromatic nitrogens is 4. The lowest BCUT2D eigenvalue weighted by molar-refractivity contribution is -0.139. The molecule has 0 aliphatic carbocycles. The van der Waals surface area contributed by atoms with Crippen molar-refractivity contribution in [2.75, 3.05) is 16.3 Å². The van der Waals surface area contributed by atoms with Crippen LogP contribution in [0.25, 0.3) is 11.4 Å². The van der Waals surface area contributed by atoms with Crippen LogP contribution in [0.4, 0.5) is 29.5 Å². The van der Waals surface area contributed by atoms with Crippen molar-refractivity contribution in [3.63, 3.8) is 0 Å². The number of sulfonamides is 1. The van der Waals surface area contributed by atoms with E-state index in [1.807, 2.05) is 0 Å². The normalized spacial score (nSPS) is 12.8. The van der Waals surface area contributed by atoms with Gasteiger partial charge in [0.15, 0.2) is 11.5 Å². The minimum absolute atomic E-state index is 0.0806. The number of pyridine rings is 1. The molecule has 10 nitrogen and oxygen atoms in total. The number of alkyl halides is 3. The number of benzene rings is 1. The molecule has 3 aromatic rings. The van der Waals surface area contributed by atoms with Gasteiger partial charge in [-0.05, 0) is 32.0 Å². The van der Waals surface area contributed by atoms with Gasteiger partial charge in [0.1, 0.15) is 6.10 Å². The third kappa shape index (κ3) is 5.81. The Morgan fingerprint density at radius 3 is 2.47 bits per heavy atom. The summed E-state index contributed by atoms with van der Waals surface area (Å²) < 4.78 is 71.5. The summed E-state index contributed by atoms with van der Waals surface area (Å²) in [7, 11) is -2.02. The molecule has 0 aliphatic heterocycles. The first-order valence-corrected chi connectivity index (χ1v) is 11.6. The largest absolute Gasteiger partial charge is 0.441 e. The number of carbonyl (C=O) groups excluding carboxylic acids is 1. The Morgan fingerprint density at radius 1 is 1.18 bits per heavy atom. The van der Waals surface area contributed by atoms with Gasteiger partial charge in [-0.25, -0.2) is 22.9 Å². The van der Waals surface area contributed by atoms with Crippen molar-refractivity contribution in [1.82, 2.24) is 20.0 Å². The van der Waals surface area contributed by atoms with Gasteiger partial charge in [0.25, 0.3) is 0 Å². The van der Waals surface area contributed by atoms with Crippen molar-refractivity contribution in [2.24, 2.45) is 7.05 Å². The van der Waals surface area contributed by atoms with Crippen LogP contribution < -0.4 is 10.0 Å². The highest BCUT2D eigenvalue weighted by Crippen LogP contribution is 2.35. The van der Waals surface area contributed by atoms with Crippen LogP contribution in [-0.2, 0) is 28.0 Å². The summed E-state index contributed by atoms with van der Waals surface area (Å²) in [6.45, 7) is 2.90. The maximum absolute atomic E-state index is 13.3. The lowest BCUT2D eigenvalue weighted by Gasteiger charge is -2.19. The topological polar surface area (TPSA) is 128 Å². The van der Waals surface area contributed by atoms with Gasteiger partial charge in [0.2, 0.25) is 10.0 Å². The van der Waals surface area contributed by atoms with Crippen LogP contribution in [0, 0.1) is 6.92 Å². The molecule has 0 unspecified atom stereocenters. The zero-order chi connectivity index (χ0) is 25.3. The molecule has 1 amide bonds. The highest BCUT2D eigenvalue weighted by atomic mass is 32.2. The van der Waals surface area contributed by atoms with E-state index in [2.05, 4.69) is 25.3 Å². The zero-order valence-corrected chi connectivity index (χ0v) is 19.3. The molecule has 182 valence electrons. The minimum Gasteiger partial charge on any atom is -0.441 e. The Labute approximate surface area is 193 Å². The predicted octanol–water partition coefficient (Wildman–Crippen LogP) is 3.89. The molecule has 34 heavy (non-hydrogen) atoms. The second-order valence-corrected chi connectivity index (χ2v) is 9.12. The van der Waals surface area contributed by atoms with Crippen molar-refractivity contribution < 1.29 is 31.1 Å². The molecule has 0 saturated carbocycles. The van der Waals surface area contributed by atoms with Gasteiger partial charge < -0.3 is 4.74 Å². The summed E-state index contributed by atoms with van der Waals surface area (Å²) in [6, 6.07) is 7.76. The molecule has 1 atom stereocenters. The van der Waals surface area contributed by atoms with E-state index in [1.165, 1.54) is 49.0 Å². The fourth-order valence-electron chi connectivity index (χ4n) is 3.13. The van der Waals surface area contributed by atoms with Crippen molar-refractivity contribution in [1.29, 1.82) is 0 Å². The smallest absolute Gasteiger partial charge is 0.416 e. The zero-order valence-electron chi connectivity index (χ0n) is 18.5. The van der Waals surface area contributed by atoms with Crippen molar-refractivity contribution >= 4 is 27.6 Å². The molecule has 0 aliphatic rings. The lowest BCUT2D eigenvalue weighted by atomic mass is 10.0. The van der Waals surface area contributed by atoms with Crippen LogP contribution in [0.2, 0.25) is 0 Å². The van der Waals surface area contributed by atoms with Gasteiger partial charge >= 0.3 is 12.3 Å². The maximum atomic E-state index is 13.3. The number of hydrogen-bond donors (Lipinski definition) is 2. The first kappa shape index (κ1) is 25.0. The fourth-order valence-corrected chi connectivity index (χ4v) is 3.75. The van der Waals surface area contributed by atoms with Crippen LogP contribution in [-0.4, -0.2) is 40.7 Å².